The Bertz CT molecular complexity index is 723. The molecule has 0 aliphatic rings. The van der Waals surface area contributed by atoms with Crippen LogP contribution in [0.4, 0.5) is 4.79 Å². The molecule has 1 aromatic heterocycles. The number of aromatic nitrogens is 2. The summed E-state index contributed by atoms with van der Waals surface area (Å²) in [6.07, 6.45) is 3.54. The fourth-order valence-corrected chi connectivity index (χ4v) is 2.04. The molecule has 6 nitrogen and oxygen atoms in total. The van der Waals surface area contributed by atoms with Crippen molar-refractivity contribution in [3.8, 4) is 11.6 Å². The molecule has 0 unspecified atom stereocenters. The quantitative estimate of drug-likeness (QED) is 0.829. The highest BCUT2D eigenvalue weighted by Gasteiger charge is 2.06. The molecular weight excluding hydrogens is 304 g/mol. The standard InChI is InChI=1S/C18H24N4O2/c1-4-5-11-24-17-12-15(21-18(23)20-14(2)3)13-19-22(17)16-9-7-6-8-10-16/h6-10,12-14H,4-5,11H2,1-3H3,(H,20,23). The van der Waals surface area contributed by atoms with Crippen molar-refractivity contribution in [3.63, 3.8) is 0 Å². The molecule has 2 amide bonds. The van der Waals surface area contributed by atoms with E-state index in [-0.39, 0.29) is 12.1 Å². The van der Waals surface area contributed by atoms with Crippen LogP contribution in [0.15, 0.2) is 47.6 Å². The van der Waals surface area contributed by atoms with Gasteiger partial charge in [0.2, 0.25) is 5.88 Å². The number of benzene rings is 1. The van der Waals surface area contributed by atoms with Gasteiger partial charge in [0.1, 0.15) is 0 Å². The highest BCUT2D eigenvalue weighted by molar-refractivity contribution is 5.75. The van der Waals surface area contributed by atoms with Crippen molar-refractivity contribution in [1.29, 1.82) is 0 Å². The van der Waals surface area contributed by atoms with Crippen LogP contribution in [0.25, 0.3) is 5.69 Å². The summed E-state index contributed by atoms with van der Waals surface area (Å²) in [6.45, 7) is 6.47. The average Bonchev–Trinajstić information content (AvgIpc) is 2.55. The molecule has 0 spiro atoms. The molecule has 0 saturated heterocycles. The van der Waals surface area contributed by atoms with Gasteiger partial charge in [0, 0.05) is 12.1 Å². The first-order valence-corrected chi connectivity index (χ1v) is 8.23. The van der Waals surface area contributed by atoms with E-state index in [1.54, 1.807) is 16.9 Å². The largest absolute Gasteiger partial charge is 0.478 e. The van der Waals surface area contributed by atoms with E-state index in [1.807, 2.05) is 44.2 Å². The number of nitrogens with one attached hydrogen (secondary N) is 1. The number of para-hydroxylation sites is 1. The van der Waals surface area contributed by atoms with Gasteiger partial charge < -0.3 is 10.1 Å². The molecule has 0 atom stereocenters. The smallest absolute Gasteiger partial charge is 0.341 e. The van der Waals surface area contributed by atoms with Crippen molar-refractivity contribution >= 4 is 6.03 Å². The maximum absolute atomic E-state index is 11.8. The fraction of sp³-hybridized carbons (Fsp3) is 0.389. The average molecular weight is 328 g/mol. The van der Waals surface area contributed by atoms with Crippen LogP contribution >= 0.6 is 0 Å². The van der Waals surface area contributed by atoms with E-state index in [9.17, 15) is 4.79 Å². The molecule has 128 valence electrons. The zero-order chi connectivity index (χ0) is 17.4. The lowest BCUT2D eigenvalue weighted by Crippen LogP contribution is -2.29. The first-order chi connectivity index (χ1) is 11.6. The Morgan fingerprint density at radius 2 is 2.08 bits per heavy atom. The third kappa shape index (κ3) is 5.22. The number of ether oxygens (including phenoxy) is 1. The lowest BCUT2D eigenvalue weighted by atomic mass is 10.3. The summed E-state index contributed by atoms with van der Waals surface area (Å²) in [5, 5.41) is 7.57. The predicted octanol–water partition coefficient (Wildman–Crippen LogP) is 3.07. The molecule has 0 aliphatic heterocycles. The second-order valence-corrected chi connectivity index (χ2v) is 5.72. The van der Waals surface area contributed by atoms with Gasteiger partial charge in [0.25, 0.3) is 0 Å². The number of rotatable bonds is 6. The van der Waals surface area contributed by atoms with Gasteiger partial charge in [-0.05, 0) is 32.4 Å². The minimum absolute atomic E-state index is 0.0347. The zero-order valence-corrected chi connectivity index (χ0v) is 14.4. The number of amides is 2. The summed E-state index contributed by atoms with van der Waals surface area (Å²) in [5.74, 6) is 0.563. The van der Waals surface area contributed by atoms with Crippen LogP contribution in [0, 0.1) is 0 Å². The molecule has 24 heavy (non-hydrogen) atoms. The van der Waals surface area contributed by atoms with Crippen LogP contribution in [0.2, 0.25) is 0 Å². The Labute approximate surface area is 142 Å². The summed E-state index contributed by atoms with van der Waals surface area (Å²) in [4.78, 5) is 15.8. The minimum Gasteiger partial charge on any atom is -0.478 e. The van der Waals surface area contributed by atoms with Crippen molar-refractivity contribution in [2.45, 2.75) is 39.7 Å². The summed E-state index contributed by atoms with van der Waals surface area (Å²) in [6, 6.07) is 11.1. The normalized spacial score (nSPS) is 11.6. The second-order valence-electron chi connectivity index (χ2n) is 5.72. The molecule has 2 rings (SSSR count). The third-order valence-corrected chi connectivity index (χ3v) is 3.18. The molecule has 2 aromatic rings. The Hall–Kier alpha value is -2.63. The van der Waals surface area contributed by atoms with E-state index in [1.165, 1.54) is 0 Å². The summed E-state index contributed by atoms with van der Waals surface area (Å²) >= 11 is 0. The Balaban J connectivity index is 2.35. The summed E-state index contributed by atoms with van der Waals surface area (Å²) < 4.78 is 7.55. The highest BCUT2D eigenvalue weighted by atomic mass is 16.5. The Morgan fingerprint density at radius 1 is 1.33 bits per heavy atom. The molecule has 0 bridgehead atoms. The maximum Gasteiger partial charge on any atom is 0.341 e. The topological polar surface area (TPSA) is 68.5 Å². The van der Waals surface area contributed by atoms with E-state index in [0.29, 0.717) is 17.8 Å². The van der Waals surface area contributed by atoms with Crippen molar-refractivity contribution in [2.75, 3.05) is 6.61 Å². The SMILES string of the molecule is CCCCOc1cc(=NC(=O)NC(C)C)cnn1-c1ccccc1. The number of urea groups is 1. The van der Waals surface area contributed by atoms with Gasteiger partial charge in [0.05, 0.1) is 23.8 Å². The van der Waals surface area contributed by atoms with Gasteiger partial charge in [-0.15, -0.1) is 0 Å². The van der Waals surface area contributed by atoms with Crippen molar-refractivity contribution in [3.05, 3.63) is 48.0 Å². The highest BCUT2D eigenvalue weighted by Crippen LogP contribution is 2.14. The Kier molecular flexibility index (Phi) is 6.54. The number of hydrogen-bond donors (Lipinski definition) is 1. The van der Waals surface area contributed by atoms with Crippen molar-refractivity contribution in [1.82, 2.24) is 15.1 Å². The zero-order valence-electron chi connectivity index (χ0n) is 14.4. The van der Waals surface area contributed by atoms with Crippen LogP contribution < -0.4 is 15.4 Å². The lowest BCUT2D eigenvalue weighted by molar-refractivity contribution is 0.246. The van der Waals surface area contributed by atoms with Gasteiger partial charge >= 0.3 is 6.03 Å². The third-order valence-electron chi connectivity index (χ3n) is 3.18. The first kappa shape index (κ1) is 17.7. The van der Waals surface area contributed by atoms with Crippen LogP contribution in [0.3, 0.4) is 0 Å². The van der Waals surface area contributed by atoms with Gasteiger partial charge in [-0.1, -0.05) is 31.5 Å². The number of unbranched alkanes of at least 4 members (excludes halogenated alkanes) is 1. The minimum atomic E-state index is -0.385. The molecular formula is C18H24N4O2. The van der Waals surface area contributed by atoms with E-state index in [2.05, 4.69) is 22.3 Å². The van der Waals surface area contributed by atoms with Gasteiger partial charge in [-0.2, -0.15) is 10.1 Å². The van der Waals surface area contributed by atoms with Crippen LogP contribution in [0.5, 0.6) is 5.88 Å². The van der Waals surface area contributed by atoms with Crippen LogP contribution in [0.1, 0.15) is 33.6 Å². The van der Waals surface area contributed by atoms with Crippen molar-refractivity contribution in [2.24, 2.45) is 4.99 Å². The fourth-order valence-electron chi connectivity index (χ4n) is 2.04. The summed E-state index contributed by atoms with van der Waals surface area (Å²) in [7, 11) is 0. The molecule has 0 saturated carbocycles. The van der Waals surface area contributed by atoms with Crippen molar-refractivity contribution < 1.29 is 9.53 Å². The van der Waals surface area contributed by atoms with Gasteiger partial charge in [-0.25, -0.2) is 9.48 Å². The molecule has 1 aromatic carbocycles. The molecule has 1 heterocycles. The monoisotopic (exact) mass is 328 g/mol. The maximum atomic E-state index is 11.8. The van der Waals surface area contributed by atoms with E-state index in [0.717, 1.165) is 18.5 Å². The number of nitrogens with zero attached hydrogens (tertiary/aromatic N) is 3. The lowest BCUT2D eigenvalue weighted by Gasteiger charge is -2.13. The molecule has 6 heteroatoms. The first-order valence-electron chi connectivity index (χ1n) is 8.23. The van der Waals surface area contributed by atoms with Gasteiger partial charge in [0.15, 0.2) is 0 Å². The Morgan fingerprint density at radius 3 is 2.75 bits per heavy atom. The number of hydrogen-bond acceptors (Lipinski definition) is 3. The number of carbonyl (C=O) groups excluding carboxylic acids is 1. The molecule has 0 aliphatic carbocycles. The van der Waals surface area contributed by atoms with E-state index >= 15 is 0 Å². The van der Waals surface area contributed by atoms with Crippen LogP contribution in [-0.2, 0) is 0 Å². The molecule has 1 N–H and O–H groups in total. The molecule has 0 fully saturated rings. The second kappa shape index (κ2) is 8.86. The van der Waals surface area contributed by atoms with Crippen LogP contribution in [-0.4, -0.2) is 28.5 Å². The van der Waals surface area contributed by atoms with E-state index < -0.39 is 0 Å². The molecule has 0 radical (unpaired) electrons. The van der Waals surface area contributed by atoms with E-state index in [4.69, 9.17) is 4.74 Å². The summed E-state index contributed by atoms with van der Waals surface area (Å²) in [5.41, 5.74) is 0.891. The van der Waals surface area contributed by atoms with Gasteiger partial charge in [-0.3, -0.25) is 0 Å². The number of carbonyl (C=O) groups is 1. The predicted molar refractivity (Wildman–Crippen MR) is 93.2 cm³/mol.